The van der Waals surface area contributed by atoms with E-state index in [-0.39, 0.29) is 5.56 Å². The van der Waals surface area contributed by atoms with Crippen molar-refractivity contribution in [1.82, 2.24) is 9.55 Å². The number of furan rings is 1. The first-order valence-corrected chi connectivity index (χ1v) is 4.50. The van der Waals surface area contributed by atoms with Gasteiger partial charge in [-0.05, 0) is 19.1 Å². The lowest BCUT2D eigenvalue weighted by molar-refractivity contribution is 0.483. The molecular formula is C10H10N2O3. The van der Waals surface area contributed by atoms with Crippen molar-refractivity contribution in [2.24, 2.45) is 0 Å². The van der Waals surface area contributed by atoms with Crippen LogP contribution in [0.15, 0.2) is 38.5 Å². The van der Waals surface area contributed by atoms with Crippen LogP contribution in [0.4, 0.5) is 0 Å². The van der Waals surface area contributed by atoms with E-state index >= 15 is 0 Å². The third-order valence-electron chi connectivity index (χ3n) is 2.14. The van der Waals surface area contributed by atoms with Crippen LogP contribution in [0.1, 0.15) is 11.5 Å². The Morgan fingerprint density at radius 3 is 2.87 bits per heavy atom. The average molecular weight is 206 g/mol. The number of H-pyrrole nitrogens is 1. The summed E-state index contributed by atoms with van der Waals surface area (Å²) >= 11 is 0. The summed E-state index contributed by atoms with van der Waals surface area (Å²) in [5.74, 6) is 0.673. The molecule has 1 N–H and O–H groups in total. The van der Waals surface area contributed by atoms with Crippen LogP contribution < -0.4 is 11.2 Å². The Morgan fingerprint density at radius 1 is 1.47 bits per heavy atom. The second kappa shape index (κ2) is 3.61. The van der Waals surface area contributed by atoms with Crippen molar-refractivity contribution < 1.29 is 4.42 Å². The van der Waals surface area contributed by atoms with Crippen LogP contribution >= 0.6 is 0 Å². The maximum Gasteiger partial charge on any atom is 0.328 e. The second-order valence-corrected chi connectivity index (χ2v) is 3.25. The zero-order chi connectivity index (χ0) is 10.8. The number of nitrogens with zero attached hydrogens (tertiary/aromatic N) is 1. The van der Waals surface area contributed by atoms with Gasteiger partial charge in [0.2, 0.25) is 0 Å². The molecule has 2 rings (SSSR count). The van der Waals surface area contributed by atoms with Gasteiger partial charge in [0.05, 0.1) is 12.8 Å². The Bertz CT molecular complexity index is 563. The van der Waals surface area contributed by atoms with Gasteiger partial charge in [0.15, 0.2) is 0 Å². The van der Waals surface area contributed by atoms with Gasteiger partial charge in [0.1, 0.15) is 5.76 Å². The van der Waals surface area contributed by atoms with E-state index in [2.05, 4.69) is 4.98 Å². The molecule has 0 unspecified atom stereocenters. The molecule has 5 heteroatoms. The fraction of sp³-hybridized carbons (Fsp3) is 0.200. The minimum atomic E-state index is -0.420. The number of aromatic amines is 1. The Hall–Kier alpha value is -2.04. The van der Waals surface area contributed by atoms with Crippen LogP contribution in [0.2, 0.25) is 0 Å². The molecule has 0 aromatic carbocycles. The Labute approximate surface area is 85.0 Å². The first-order chi connectivity index (χ1) is 7.16. The molecule has 2 heterocycles. The van der Waals surface area contributed by atoms with Crippen molar-refractivity contribution in [2.75, 3.05) is 0 Å². The summed E-state index contributed by atoms with van der Waals surface area (Å²) in [4.78, 5) is 24.6. The molecule has 0 aliphatic rings. The quantitative estimate of drug-likeness (QED) is 0.777. The predicted octanol–water partition coefficient (Wildman–Crippen LogP) is 0.486. The predicted molar refractivity (Wildman–Crippen MR) is 53.9 cm³/mol. The third-order valence-corrected chi connectivity index (χ3v) is 2.14. The molecule has 2 aromatic heterocycles. The maximum absolute atomic E-state index is 11.5. The minimum absolute atomic E-state index is 0.328. The van der Waals surface area contributed by atoms with Crippen LogP contribution in [0, 0.1) is 6.92 Å². The van der Waals surface area contributed by atoms with Gasteiger partial charge in [-0.25, -0.2) is 4.79 Å². The van der Waals surface area contributed by atoms with E-state index in [0.29, 0.717) is 18.0 Å². The average Bonchev–Trinajstić information content (AvgIpc) is 2.63. The van der Waals surface area contributed by atoms with E-state index in [0.717, 1.165) is 0 Å². The largest absolute Gasteiger partial charge is 0.467 e. The van der Waals surface area contributed by atoms with Crippen LogP contribution in [0.5, 0.6) is 0 Å². The molecule has 0 saturated carbocycles. The molecule has 0 bridgehead atoms. The first kappa shape index (κ1) is 9.51. The SMILES string of the molecule is Cc1cc(=O)[nH]c(=O)n1Cc1ccco1. The summed E-state index contributed by atoms with van der Waals surface area (Å²) in [6.45, 7) is 2.04. The molecule has 0 saturated heterocycles. The third kappa shape index (κ3) is 1.90. The summed E-state index contributed by atoms with van der Waals surface area (Å²) in [5, 5.41) is 0. The van der Waals surface area contributed by atoms with E-state index in [1.54, 1.807) is 25.3 Å². The van der Waals surface area contributed by atoms with Crippen molar-refractivity contribution in [1.29, 1.82) is 0 Å². The lowest BCUT2D eigenvalue weighted by atomic mass is 10.4. The molecule has 5 nitrogen and oxygen atoms in total. The maximum atomic E-state index is 11.5. The summed E-state index contributed by atoms with van der Waals surface area (Å²) in [5.41, 5.74) is -0.190. The molecule has 78 valence electrons. The Morgan fingerprint density at radius 2 is 2.27 bits per heavy atom. The highest BCUT2D eigenvalue weighted by molar-refractivity contribution is 5.04. The van der Waals surface area contributed by atoms with E-state index in [1.807, 2.05) is 0 Å². The highest BCUT2D eigenvalue weighted by Gasteiger charge is 2.04. The van der Waals surface area contributed by atoms with Crippen LogP contribution in [0.25, 0.3) is 0 Å². The van der Waals surface area contributed by atoms with Crippen molar-refractivity contribution in [3.05, 3.63) is 56.8 Å². The molecular weight excluding hydrogens is 196 g/mol. The standard InChI is InChI=1S/C10H10N2O3/c1-7-5-9(13)11-10(14)12(7)6-8-3-2-4-15-8/h2-5H,6H2,1H3,(H,11,13,14). The van der Waals surface area contributed by atoms with Gasteiger partial charge in [-0.3, -0.25) is 14.3 Å². The zero-order valence-corrected chi connectivity index (χ0v) is 8.19. The zero-order valence-electron chi connectivity index (χ0n) is 8.19. The second-order valence-electron chi connectivity index (χ2n) is 3.25. The Kier molecular flexibility index (Phi) is 2.29. The lowest BCUT2D eigenvalue weighted by Crippen LogP contribution is -2.31. The number of rotatable bonds is 2. The number of aromatic nitrogens is 2. The van der Waals surface area contributed by atoms with Gasteiger partial charge in [-0.2, -0.15) is 0 Å². The van der Waals surface area contributed by atoms with Crippen molar-refractivity contribution in [3.8, 4) is 0 Å². The van der Waals surface area contributed by atoms with Gasteiger partial charge < -0.3 is 4.42 Å². The molecule has 0 fully saturated rings. The van der Waals surface area contributed by atoms with E-state index in [4.69, 9.17) is 4.42 Å². The van der Waals surface area contributed by atoms with Gasteiger partial charge in [-0.1, -0.05) is 0 Å². The normalized spacial score (nSPS) is 10.5. The highest BCUT2D eigenvalue weighted by Crippen LogP contribution is 2.02. The monoisotopic (exact) mass is 206 g/mol. The topological polar surface area (TPSA) is 68.0 Å². The molecule has 15 heavy (non-hydrogen) atoms. The van der Waals surface area contributed by atoms with Crippen molar-refractivity contribution in [2.45, 2.75) is 13.5 Å². The van der Waals surface area contributed by atoms with Crippen LogP contribution in [-0.4, -0.2) is 9.55 Å². The van der Waals surface area contributed by atoms with E-state index in [1.165, 1.54) is 10.6 Å². The molecule has 0 aliphatic heterocycles. The number of hydrogen-bond donors (Lipinski definition) is 1. The molecule has 0 radical (unpaired) electrons. The number of aryl methyl sites for hydroxylation is 1. The van der Waals surface area contributed by atoms with E-state index < -0.39 is 5.69 Å². The first-order valence-electron chi connectivity index (χ1n) is 4.50. The number of hydrogen-bond acceptors (Lipinski definition) is 3. The summed E-state index contributed by atoms with van der Waals surface area (Å²) in [6, 6.07) is 4.91. The highest BCUT2D eigenvalue weighted by atomic mass is 16.3. The van der Waals surface area contributed by atoms with Crippen molar-refractivity contribution in [3.63, 3.8) is 0 Å². The van der Waals surface area contributed by atoms with Crippen LogP contribution in [0.3, 0.4) is 0 Å². The van der Waals surface area contributed by atoms with Crippen LogP contribution in [-0.2, 0) is 6.54 Å². The molecule has 0 aliphatic carbocycles. The summed E-state index contributed by atoms with van der Waals surface area (Å²) in [7, 11) is 0. The lowest BCUT2D eigenvalue weighted by Gasteiger charge is -2.05. The molecule has 0 spiro atoms. The molecule has 0 amide bonds. The van der Waals surface area contributed by atoms with Gasteiger partial charge in [0, 0.05) is 11.8 Å². The van der Waals surface area contributed by atoms with Gasteiger partial charge in [-0.15, -0.1) is 0 Å². The summed E-state index contributed by atoms with van der Waals surface area (Å²) < 4.78 is 6.57. The van der Waals surface area contributed by atoms with Crippen molar-refractivity contribution >= 4 is 0 Å². The van der Waals surface area contributed by atoms with Gasteiger partial charge >= 0.3 is 5.69 Å². The molecule has 2 aromatic rings. The van der Waals surface area contributed by atoms with Gasteiger partial charge in [0.25, 0.3) is 5.56 Å². The minimum Gasteiger partial charge on any atom is -0.467 e. The number of nitrogens with one attached hydrogen (secondary N) is 1. The smallest absolute Gasteiger partial charge is 0.328 e. The fourth-order valence-electron chi connectivity index (χ4n) is 1.39. The summed E-state index contributed by atoms with van der Waals surface area (Å²) in [6.07, 6.45) is 1.54. The fourth-order valence-corrected chi connectivity index (χ4v) is 1.39. The van der Waals surface area contributed by atoms with E-state index in [9.17, 15) is 9.59 Å². The Balaban J connectivity index is 2.45. The molecule has 0 atom stereocenters.